The molecule has 0 aromatic rings. The van der Waals surface area contributed by atoms with Gasteiger partial charge in [0.05, 0.1) is 25.4 Å². The molecule has 7 atom stereocenters. The van der Waals surface area contributed by atoms with Gasteiger partial charge in [-0.1, -0.05) is 309 Å². The lowest BCUT2D eigenvalue weighted by atomic mass is 9.99. The summed E-state index contributed by atoms with van der Waals surface area (Å²) < 4.78 is 11.3. The van der Waals surface area contributed by atoms with Crippen LogP contribution in [0.3, 0.4) is 0 Å². The zero-order valence-corrected chi connectivity index (χ0v) is 53.4. The molecular weight excluding hydrogens is 1030 g/mol. The van der Waals surface area contributed by atoms with Crippen LogP contribution in [-0.4, -0.2) is 87.5 Å². The van der Waals surface area contributed by atoms with Gasteiger partial charge >= 0.3 is 0 Å². The van der Waals surface area contributed by atoms with Crippen LogP contribution in [0.25, 0.3) is 0 Å². The molecule has 1 fully saturated rings. The number of unbranched alkanes of at least 4 members (excludes halogenated alkanes) is 33. The van der Waals surface area contributed by atoms with Gasteiger partial charge in [-0.3, -0.25) is 4.79 Å². The molecule has 478 valence electrons. The van der Waals surface area contributed by atoms with Crippen LogP contribution in [-0.2, 0) is 14.3 Å². The third kappa shape index (κ3) is 50.7. The van der Waals surface area contributed by atoms with Crippen molar-refractivity contribution in [2.75, 3.05) is 13.2 Å². The van der Waals surface area contributed by atoms with Crippen LogP contribution >= 0.6 is 0 Å². The van der Waals surface area contributed by atoms with Gasteiger partial charge in [-0.2, -0.15) is 0 Å². The van der Waals surface area contributed by atoms with Gasteiger partial charge in [-0.05, 0) is 89.9 Å². The van der Waals surface area contributed by atoms with E-state index in [1.54, 1.807) is 6.08 Å². The highest BCUT2D eigenvalue weighted by molar-refractivity contribution is 5.76. The number of aliphatic hydroxyl groups is 5. The summed E-state index contributed by atoms with van der Waals surface area (Å²) in [4.78, 5) is 13.1. The molecule has 1 saturated heterocycles. The highest BCUT2D eigenvalue weighted by Crippen LogP contribution is 2.23. The maximum Gasteiger partial charge on any atom is 0.220 e. The van der Waals surface area contributed by atoms with E-state index < -0.39 is 49.5 Å². The summed E-state index contributed by atoms with van der Waals surface area (Å²) >= 11 is 0. The lowest BCUT2D eigenvalue weighted by molar-refractivity contribution is -0.302. The van der Waals surface area contributed by atoms with E-state index in [1.165, 1.54) is 193 Å². The average Bonchev–Trinajstić information content (AvgIpc) is 3.61. The van der Waals surface area contributed by atoms with Gasteiger partial charge in [0.2, 0.25) is 5.91 Å². The molecule has 9 heteroatoms. The zero-order chi connectivity index (χ0) is 60.0. The number of rotatable bonds is 59. The number of nitrogens with one attached hydrogen (secondary N) is 1. The summed E-state index contributed by atoms with van der Waals surface area (Å²) in [6.45, 7) is 3.67. The van der Waals surface area contributed by atoms with E-state index in [-0.39, 0.29) is 12.5 Å². The molecule has 0 bridgehead atoms. The summed E-state index contributed by atoms with van der Waals surface area (Å²) in [7, 11) is 0. The first kappa shape index (κ1) is 77.9. The van der Waals surface area contributed by atoms with Gasteiger partial charge in [0, 0.05) is 6.42 Å². The number of amides is 1. The van der Waals surface area contributed by atoms with E-state index in [2.05, 4.69) is 116 Å². The van der Waals surface area contributed by atoms with Crippen LogP contribution in [0.5, 0.6) is 0 Å². The minimum Gasteiger partial charge on any atom is -0.394 e. The second-order valence-corrected chi connectivity index (χ2v) is 23.6. The molecule has 83 heavy (non-hydrogen) atoms. The molecule has 1 rings (SSSR count). The Balaban J connectivity index is 2.09. The normalized spacial score (nSPS) is 19.0. The summed E-state index contributed by atoms with van der Waals surface area (Å²) in [5.41, 5.74) is 0. The number of allylic oxidation sites excluding steroid dienone is 17. The molecule has 0 radical (unpaired) electrons. The molecule has 0 aliphatic carbocycles. The number of ether oxygens (including phenoxy) is 2. The van der Waals surface area contributed by atoms with Gasteiger partial charge in [0.25, 0.3) is 0 Å². The zero-order valence-electron chi connectivity index (χ0n) is 53.4. The molecule has 7 unspecified atom stereocenters. The smallest absolute Gasteiger partial charge is 0.220 e. The van der Waals surface area contributed by atoms with E-state index in [0.29, 0.717) is 6.42 Å². The predicted molar refractivity (Wildman–Crippen MR) is 354 cm³/mol. The molecule has 1 amide bonds. The lowest BCUT2D eigenvalue weighted by Crippen LogP contribution is -2.60. The molecule has 0 aromatic carbocycles. The fourth-order valence-corrected chi connectivity index (χ4v) is 10.4. The van der Waals surface area contributed by atoms with Crippen molar-refractivity contribution in [2.45, 2.75) is 339 Å². The van der Waals surface area contributed by atoms with Crippen molar-refractivity contribution in [3.8, 4) is 0 Å². The Hall–Kier alpha value is -3.15. The average molecular weight is 1160 g/mol. The lowest BCUT2D eigenvalue weighted by Gasteiger charge is -2.40. The SMILES string of the molecule is CC/C=C\C/C=C\C/C=C\C/C=C\C/C=C\C/C=C\C/C=C\CCCCCCCCCCCCCCCCCCCCCC(=O)NC(COC1OC(CO)C(O)C(O)C1O)C(O)/C=C/CC/C=C/CCCCCCCCCCCCCCC. The molecule has 0 aromatic heterocycles. The van der Waals surface area contributed by atoms with E-state index in [0.717, 1.165) is 83.5 Å². The van der Waals surface area contributed by atoms with Crippen molar-refractivity contribution >= 4 is 5.91 Å². The van der Waals surface area contributed by atoms with Crippen LogP contribution < -0.4 is 5.32 Å². The Morgan fingerprint density at radius 1 is 0.422 bits per heavy atom. The Bertz CT molecular complexity index is 1680. The summed E-state index contributed by atoms with van der Waals surface area (Å²) in [6.07, 6.45) is 84.8. The molecular formula is C74H129NO8. The number of carbonyl (C=O) groups excluding carboxylic acids is 1. The molecule has 0 saturated carbocycles. The van der Waals surface area contributed by atoms with Crippen molar-refractivity contribution in [1.82, 2.24) is 5.32 Å². The first-order valence-electron chi connectivity index (χ1n) is 34.6. The largest absolute Gasteiger partial charge is 0.394 e. The fraction of sp³-hybridized carbons (Fsp3) is 0.743. The van der Waals surface area contributed by atoms with Crippen molar-refractivity contribution in [3.63, 3.8) is 0 Å². The fourth-order valence-electron chi connectivity index (χ4n) is 10.4. The van der Waals surface area contributed by atoms with Crippen LogP contribution in [0.4, 0.5) is 0 Å². The minimum atomic E-state index is -1.58. The Labute approximate surface area is 510 Å². The van der Waals surface area contributed by atoms with E-state index in [1.807, 2.05) is 6.08 Å². The number of hydrogen-bond acceptors (Lipinski definition) is 8. The first-order valence-corrected chi connectivity index (χ1v) is 34.6. The third-order valence-electron chi connectivity index (χ3n) is 15.8. The Kier molecular flexibility index (Phi) is 58.1. The molecule has 1 aliphatic rings. The first-order chi connectivity index (χ1) is 40.8. The van der Waals surface area contributed by atoms with Gasteiger partial charge in [0.1, 0.15) is 24.4 Å². The van der Waals surface area contributed by atoms with Crippen molar-refractivity contribution in [2.24, 2.45) is 0 Å². The summed E-state index contributed by atoms with van der Waals surface area (Å²) in [5, 5.41) is 54.6. The highest BCUT2D eigenvalue weighted by Gasteiger charge is 2.44. The van der Waals surface area contributed by atoms with E-state index >= 15 is 0 Å². The van der Waals surface area contributed by atoms with Crippen LogP contribution in [0.2, 0.25) is 0 Å². The van der Waals surface area contributed by atoms with Crippen LogP contribution in [0, 0.1) is 0 Å². The van der Waals surface area contributed by atoms with Crippen molar-refractivity contribution in [1.29, 1.82) is 0 Å². The summed E-state index contributed by atoms with van der Waals surface area (Å²) in [6, 6.07) is -0.826. The Morgan fingerprint density at radius 2 is 0.759 bits per heavy atom. The van der Waals surface area contributed by atoms with Gasteiger partial charge in [-0.15, -0.1) is 0 Å². The third-order valence-corrected chi connectivity index (χ3v) is 15.8. The maximum atomic E-state index is 13.1. The van der Waals surface area contributed by atoms with Gasteiger partial charge in [0.15, 0.2) is 6.29 Å². The molecule has 1 aliphatic heterocycles. The van der Waals surface area contributed by atoms with Crippen LogP contribution in [0.15, 0.2) is 109 Å². The maximum absolute atomic E-state index is 13.1. The molecule has 9 nitrogen and oxygen atoms in total. The van der Waals surface area contributed by atoms with Crippen molar-refractivity contribution < 1.29 is 39.8 Å². The topological polar surface area (TPSA) is 149 Å². The van der Waals surface area contributed by atoms with E-state index in [9.17, 15) is 30.3 Å². The standard InChI is InChI=1S/C74H129NO8/c1-3-5-7-9-11-13-15-17-19-21-23-24-25-26-27-28-29-30-31-32-33-34-35-36-37-38-39-40-41-42-43-44-46-48-50-52-54-56-58-60-62-64-70(78)75-67(66-82-74-73(81)72(80)71(79)69(65-76)83-74)68(77)63-61-59-57-55-53-51-49-47-45-22-20-18-16-14-12-10-8-6-4-2/h5,7,11,13,17,19,23-24,26-27,29-30,32-33,53,55,61,63,67-69,71-74,76-77,79-81H,3-4,6,8-10,12,14-16,18,20-22,25,28,31,34-52,54,56-60,62,64-66H2,1-2H3,(H,75,78)/b7-5-,13-11-,19-17-,24-23-,27-26-,30-29-,33-32-,55-53+,63-61+. The van der Waals surface area contributed by atoms with E-state index in [4.69, 9.17) is 9.47 Å². The second-order valence-electron chi connectivity index (χ2n) is 23.6. The molecule has 6 N–H and O–H groups in total. The number of aliphatic hydroxyl groups excluding tert-OH is 5. The quantitative estimate of drug-likeness (QED) is 0.0261. The minimum absolute atomic E-state index is 0.185. The molecule has 0 spiro atoms. The Morgan fingerprint density at radius 3 is 1.16 bits per heavy atom. The molecule has 1 heterocycles. The second kappa shape index (κ2) is 61.9. The monoisotopic (exact) mass is 1160 g/mol. The summed E-state index contributed by atoms with van der Waals surface area (Å²) in [5.74, 6) is -0.185. The highest BCUT2D eigenvalue weighted by atomic mass is 16.7. The van der Waals surface area contributed by atoms with Gasteiger partial charge in [-0.25, -0.2) is 0 Å². The predicted octanol–water partition coefficient (Wildman–Crippen LogP) is 18.9. The van der Waals surface area contributed by atoms with Crippen LogP contribution in [0.1, 0.15) is 296 Å². The van der Waals surface area contributed by atoms with Gasteiger partial charge < -0.3 is 40.3 Å². The number of carbonyl (C=O) groups is 1. The van der Waals surface area contributed by atoms with Crippen molar-refractivity contribution in [3.05, 3.63) is 109 Å². The number of hydrogen-bond donors (Lipinski definition) is 6.